The van der Waals surface area contributed by atoms with Crippen molar-refractivity contribution >= 4 is 22.9 Å². The van der Waals surface area contributed by atoms with Gasteiger partial charge in [0.05, 0.1) is 10.9 Å². The molecule has 2 atom stereocenters. The quantitative estimate of drug-likeness (QED) is 0.847. The Labute approximate surface area is 143 Å². The number of halogens is 1. The number of ether oxygens (including phenoxy) is 1. The van der Waals surface area contributed by atoms with Gasteiger partial charge in [-0.3, -0.25) is 0 Å². The van der Waals surface area contributed by atoms with E-state index in [1.807, 2.05) is 6.07 Å². The van der Waals surface area contributed by atoms with E-state index in [1.165, 1.54) is 43.8 Å². The number of hydrogen-bond donors (Lipinski definition) is 1. The summed E-state index contributed by atoms with van der Waals surface area (Å²) in [6.07, 6.45) is 4.87. The zero-order valence-corrected chi connectivity index (χ0v) is 15.0. The Morgan fingerprint density at radius 2 is 2.18 bits per heavy atom. The fourth-order valence-electron chi connectivity index (χ4n) is 3.58. The Balaban J connectivity index is 1.44. The van der Waals surface area contributed by atoms with Crippen LogP contribution in [0, 0.1) is 5.92 Å². The molecule has 1 aromatic heterocycles. The van der Waals surface area contributed by atoms with Crippen LogP contribution in [0.15, 0.2) is 12.1 Å². The lowest BCUT2D eigenvalue weighted by atomic mass is 10.0. The minimum atomic E-state index is 0.456. The van der Waals surface area contributed by atoms with E-state index >= 15 is 0 Å². The molecular weight excluding hydrogens is 316 g/mol. The van der Waals surface area contributed by atoms with Crippen molar-refractivity contribution in [3.8, 4) is 0 Å². The summed E-state index contributed by atoms with van der Waals surface area (Å²) in [5.74, 6) is 0.765. The van der Waals surface area contributed by atoms with Gasteiger partial charge < -0.3 is 15.0 Å². The molecule has 2 saturated heterocycles. The molecule has 3 nitrogen and oxygen atoms in total. The van der Waals surface area contributed by atoms with Crippen molar-refractivity contribution in [2.24, 2.45) is 5.92 Å². The van der Waals surface area contributed by atoms with Gasteiger partial charge in [0.15, 0.2) is 0 Å². The molecule has 2 aliphatic heterocycles. The lowest BCUT2D eigenvalue weighted by Crippen LogP contribution is -2.44. The largest absolute Gasteiger partial charge is 0.381 e. The molecule has 0 bridgehead atoms. The van der Waals surface area contributed by atoms with E-state index < -0.39 is 0 Å². The summed E-state index contributed by atoms with van der Waals surface area (Å²) in [4.78, 5) is 4.00. The van der Waals surface area contributed by atoms with Crippen LogP contribution in [0.4, 0.5) is 0 Å². The molecule has 22 heavy (non-hydrogen) atoms. The third-order valence-corrected chi connectivity index (χ3v) is 6.26. The van der Waals surface area contributed by atoms with E-state index in [0.717, 1.165) is 29.9 Å². The van der Waals surface area contributed by atoms with Crippen LogP contribution in [0.25, 0.3) is 0 Å². The number of thiophene rings is 1. The van der Waals surface area contributed by atoms with E-state index in [1.54, 1.807) is 11.3 Å². The summed E-state index contributed by atoms with van der Waals surface area (Å²) < 4.78 is 6.38. The highest BCUT2D eigenvalue weighted by Crippen LogP contribution is 2.29. The molecule has 1 aromatic rings. The first-order chi connectivity index (χ1) is 10.7. The fraction of sp³-hybridized carbons (Fsp3) is 0.765. The van der Waals surface area contributed by atoms with Crippen molar-refractivity contribution in [2.75, 3.05) is 32.8 Å². The van der Waals surface area contributed by atoms with Gasteiger partial charge in [0, 0.05) is 30.1 Å². The Hall–Kier alpha value is -0.130. The van der Waals surface area contributed by atoms with Crippen LogP contribution in [-0.4, -0.2) is 43.8 Å². The molecule has 0 amide bonds. The van der Waals surface area contributed by atoms with Crippen molar-refractivity contribution in [1.82, 2.24) is 10.2 Å². The second-order valence-corrected chi connectivity index (χ2v) is 8.32. The molecule has 1 N–H and O–H groups in total. The molecule has 124 valence electrons. The van der Waals surface area contributed by atoms with Crippen molar-refractivity contribution in [3.05, 3.63) is 21.3 Å². The van der Waals surface area contributed by atoms with Gasteiger partial charge in [-0.2, -0.15) is 0 Å². The average Bonchev–Trinajstić information content (AvgIpc) is 3.18. The molecule has 3 heterocycles. The number of nitrogens with zero attached hydrogens (tertiary/aromatic N) is 1. The summed E-state index contributed by atoms with van der Waals surface area (Å²) >= 11 is 7.79. The Bertz CT molecular complexity index is 453. The monoisotopic (exact) mass is 342 g/mol. The molecule has 0 unspecified atom stereocenters. The van der Waals surface area contributed by atoms with Gasteiger partial charge in [0.2, 0.25) is 0 Å². The molecule has 5 heteroatoms. The first-order valence-corrected chi connectivity index (χ1v) is 9.75. The Morgan fingerprint density at radius 3 is 2.77 bits per heavy atom. The first-order valence-electron chi connectivity index (χ1n) is 8.56. The number of likely N-dealkylation sites (tertiary alicyclic amines) is 1. The first kappa shape index (κ1) is 16.7. The summed E-state index contributed by atoms with van der Waals surface area (Å²) in [5, 5.41) is 3.85. The highest BCUT2D eigenvalue weighted by atomic mass is 35.5. The predicted octanol–water partition coefficient (Wildman–Crippen LogP) is 3.94. The van der Waals surface area contributed by atoms with Gasteiger partial charge in [0.25, 0.3) is 0 Å². The van der Waals surface area contributed by atoms with Crippen molar-refractivity contribution in [3.63, 3.8) is 0 Å². The minimum Gasteiger partial charge on any atom is -0.381 e. The number of nitrogens with one attached hydrogen (secondary N) is 1. The normalized spacial score (nSPS) is 25.6. The van der Waals surface area contributed by atoms with Crippen LogP contribution in [-0.2, 0) is 4.74 Å². The molecule has 2 fully saturated rings. The standard InChI is InChI=1S/C17H27ClN2OS/c1-2-15(16-3-4-17(18)22-16)19-14-5-8-20(9-6-14)11-13-7-10-21-12-13/h3-4,13-15,19H,2,5-12H2,1H3/t13-,15+/m1/s1. The molecule has 0 aliphatic carbocycles. The van der Waals surface area contributed by atoms with Gasteiger partial charge in [-0.15, -0.1) is 11.3 Å². The molecule has 0 radical (unpaired) electrons. The molecular formula is C17H27ClN2OS. The van der Waals surface area contributed by atoms with Crippen molar-refractivity contribution in [1.29, 1.82) is 0 Å². The summed E-state index contributed by atoms with van der Waals surface area (Å²) in [5.41, 5.74) is 0. The van der Waals surface area contributed by atoms with Gasteiger partial charge in [-0.25, -0.2) is 0 Å². The van der Waals surface area contributed by atoms with E-state index in [4.69, 9.17) is 16.3 Å². The molecule has 0 aromatic carbocycles. The fourth-order valence-corrected chi connectivity index (χ4v) is 4.78. The van der Waals surface area contributed by atoms with Crippen LogP contribution in [0.1, 0.15) is 43.5 Å². The van der Waals surface area contributed by atoms with E-state index in [-0.39, 0.29) is 0 Å². The second kappa shape index (κ2) is 8.11. The van der Waals surface area contributed by atoms with Crippen LogP contribution in [0.3, 0.4) is 0 Å². The van der Waals surface area contributed by atoms with Gasteiger partial charge in [-0.1, -0.05) is 18.5 Å². The maximum atomic E-state index is 6.08. The minimum absolute atomic E-state index is 0.456. The summed E-state index contributed by atoms with van der Waals surface area (Å²) in [6, 6.07) is 5.28. The van der Waals surface area contributed by atoms with E-state index in [9.17, 15) is 0 Å². The topological polar surface area (TPSA) is 24.5 Å². The predicted molar refractivity (Wildman–Crippen MR) is 93.9 cm³/mol. The lowest BCUT2D eigenvalue weighted by Gasteiger charge is -2.35. The Morgan fingerprint density at radius 1 is 1.36 bits per heavy atom. The summed E-state index contributed by atoms with van der Waals surface area (Å²) in [7, 11) is 0. The maximum Gasteiger partial charge on any atom is 0.0931 e. The lowest BCUT2D eigenvalue weighted by molar-refractivity contribution is 0.145. The number of hydrogen-bond acceptors (Lipinski definition) is 4. The third kappa shape index (κ3) is 4.45. The molecule has 0 saturated carbocycles. The molecule has 2 aliphatic rings. The van der Waals surface area contributed by atoms with Crippen LogP contribution < -0.4 is 5.32 Å². The van der Waals surface area contributed by atoms with Crippen molar-refractivity contribution in [2.45, 2.75) is 44.7 Å². The summed E-state index contributed by atoms with van der Waals surface area (Å²) in [6.45, 7) is 7.84. The zero-order valence-electron chi connectivity index (χ0n) is 13.4. The third-order valence-electron chi connectivity index (χ3n) is 4.91. The van der Waals surface area contributed by atoms with Crippen LogP contribution >= 0.6 is 22.9 Å². The van der Waals surface area contributed by atoms with Crippen LogP contribution in [0.2, 0.25) is 4.34 Å². The van der Waals surface area contributed by atoms with Gasteiger partial charge >= 0.3 is 0 Å². The van der Waals surface area contributed by atoms with E-state index in [2.05, 4.69) is 23.2 Å². The second-order valence-electron chi connectivity index (χ2n) is 6.57. The SMILES string of the molecule is CC[C@H](NC1CCN(C[C@H]2CCOC2)CC1)c1ccc(Cl)s1. The highest BCUT2D eigenvalue weighted by molar-refractivity contribution is 7.16. The van der Waals surface area contributed by atoms with Gasteiger partial charge in [-0.05, 0) is 56.8 Å². The molecule has 3 rings (SSSR count). The maximum absolute atomic E-state index is 6.08. The number of rotatable bonds is 6. The zero-order chi connectivity index (χ0) is 15.4. The van der Waals surface area contributed by atoms with Crippen molar-refractivity contribution < 1.29 is 4.74 Å². The average molecular weight is 343 g/mol. The van der Waals surface area contributed by atoms with Crippen LogP contribution in [0.5, 0.6) is 0 Å². The molecule has 0 spiro atoms. The number of piperidine rings is 1. The van der Waals surface area contributed by atoms with Gasteiger partial charge in [0.1, 0.15) is 0 Å². The smallest absolute Gasteiger partial charge is 0.0931 e. The highest BCUT2D eigenvalue weighted by Gasteiger charge is 2.25. The van der Waals surface area contributed by atoms with E-state index in [0.29, 0.717) is 12.1 Å². The Kier molecular flexibility index (Phi) is 6.16.